The van der Waals surface area contributed by atoms with Crippen LogP contribution in [0.1, 0.15) is 55.3 Å². The molecule has 1 aliphatic carbocycles. The predicted octanol–water partition coefficient (Wildman–Crippen LogP) is 1.79. The number of nitrogens with two attached hydrogens (primary N) is 2. The summed E-state index contributed by atoms with van der Waals surface area (Å²) in [6.07, 6.45) is 5.56. The van der Waals surface area contributed by atoms with E-state index >= 15 is 0 Å². The maximum absolute atomic E-state index is 12.8. The highest BCUT2D eigenvalue weighted by atomic mass is 16.5. The maximum atomic E-state index is 12.8. The lowest BCUT2D eigenvalue weighted by Gasteiger charge is -2.28. The Hall–Kier alpha value is -2.45. The fraction of sp³-hybridized carbons (Fsp3) is 0.591. The van der Waals surface area contributed by atoms with Crippen LogP contribution in [0, 0.1) is 11.8 Å². The maximum Gasteiger partial charge on any atom is 0.337 e. The molecule has 1 saturated carbocycles. The van der Waals surface area contributed by atoms with Gasteiger partial charge in [0.15, 0.2) is 0 Å². The molecule has 0 heterocycles. The van der Waals surface area contributed by atoms with Crippen molar-refractivity contribution in [3.05, 3.63) is 29.8 Å². The monoisotopic (exact) mass is 418 g/mol. The van der Waals surface area contributed by atoms with Crippen LogP contribution in [0.2, 0.25) is 0 Å². The standard InChI is InChI=1S/C22H34N4O4/c1-30-22(29)17-9-11-18(12-10-17)25-21(28)19(4-2-3-13-23)26-20(27)16-7-5-15(14-24)6-8-16/h9-12,15-16,19H,2-8,13-14,23-24H2,1H3,(H,25,28)(H,26,27)/t15?,16?,19-/m0/s1. The highest BCUT2D eigenvalue weighted by molar-refractivity contribution is 5.98. The zero-order valence-corrected chi connectivity index (χ0v) is 17.7. The molecule has 2 rings (SSSR count). The number of anilines is 1. The Balaban J connectivity index is 1.97. The fourth-order valence-electron chi connectivity index (χ4n) is 3.75. The van der Waals surface area contributed by atoms with Crippen molar-refractivity contribution in [3.8, 4) is 0 Å². The molecule has 0 saturated heterocycles. The number of rotatable bonds is 10. The second-order valence-electron chi connectivity index (χ2n) is 7.86. The molecule has 8 heteroatoms. The Morgan fingerprint density at radius 2 is 1.73 bits per heavy atom. The first kappa shape index (κ1) is 23.8. The SMILES string of the molecule is COC(=O)c1ccc(NC(=O)[C@H](CCCCN)NC(=O)C2CCC(CN)CC2)cc1. The zero-order valence-electron chi connectivity index (χ0n) is 17.7. The highest BCUT2D eigenvalue weighted by Gasteiger charge is 2.29. The molecule has 166 valence electrons. The lowest BCUT2D eigenvalue weighted by Crippen LogP contribution is -2.46. The third kappa shape index (κ3) is 7.11. The first-order valence-electron chi connectivity index (χ1n) is 10.7. The molecular weight excluding hydrogens is 384 g/mol. The van der Waals surface area contributed by atoms with E-state index in [1.165, 1.54) is 7.11 Å². The van der Waals surface area contributed by atoms with Gasteiger partial charge in [-0.05, 0) is 88.2 Å². The molecule has 1 aromatic rings. The van der Waals surface area contributed by atoms with Crippen LogP contribution in [0.25, 0.3) is 0 Å². The molecule has 1 fully saturated rings. The van der Waals surface area contributed by atoms with Gasteiger partial charge in [-0.1, -0.05) is 0 Å². The van der Waals surface area contributed by atoms with Crippen molar-refractivity contribution >= 4 is 23.5 Å². The van der Waals surface area contributed by atoms with Crippen LogP contribution in [0.3, 0.4) is 0 Å². The van der Waals surface area contributed by atoms with Gasteiger partial charge in [0.25, 0.3) is 0 Å². The van der Waals surface area contributed by atoms with E-state index in [4.69, 9.17) is 11.5 Å². The molecule has 8 nitrogen and oxygen atoms in total. The molecule has 2 amide bonds. The van der Waals surface area contributed by atoms with E-state index in [0.29, 0.717) is 36.7 Å². The van der Waals surface area contributed by atoms with Gasteiger partial charge >= 0.3 is 5.97 Å². The van der Waals surface area contributed by atoms with Crippen LogP contribution < -0.4 is 22.1 Å². The molecule has 0 aromatic heterocycles. The molecule has 30 heavy (non-hydrogen) atoms. The number of nitrogens with one attached hydrogen (secondary N) is 2. The average Bonchev–Trinajstić information content (AvgIpc) is 2.78. The quantitative estimate of drug-likeness (QED) is 0.338. The number of hydrogen-bond donors (Lipinski definition) is 4. The molecule has 0 aliphatic heterocycles. The molecule has 0 spiro atoms. The summed E-state index contributed by atoms with van der Waals surface area (Å²) in [5.74, 6) is -0.368. The Morgan fingerprint density at radius 1 is 1.07 bits per heavy atom. The van der Waals surface area contributed by atoms with Crippen molar-refractivity contribution in [2.24, 2.45) is 23.3 Å². The van der Waals surface area contributed by atoms with Gasteiger partial charge in [-0.25, -0.2) is 4.79 Å². The first-order chi connectivity index (χ1) is 14.5. The van der Waals surface area contributed by atoms with E-state index in [9.17, 15) is 14.4 Å². The van der Waals surface area contributed by atoms with Crippen LogP contribution in [-0.4, -0.2) is 44.0 Å². The summed E-state index contributed by atoms with van der Waals surface area (Å²) in [6, 6.07) is 5.81. The molecule has 1 aliphatic rings. The van der Waals surface area contributed by atoms with Gasteiger partial charge in [0.2, 0.25) is 11.8 Å². The number of ether oxygens (including phenoxy) is 1. The minimum atomic E-state index is -0.628. The van der Waals surface area contributed by atoms with Crippen molar-refractivity contribution in [1.82, 2.24) is 5.32 Å². The third-order valence-electron chi connectivity index (χ3n) is 5.70. The summed E-state index contributed by atoms with van der Waals surface area (Å²) in [4.78, 5) is 37.1. The van der Waals surface area contributed by atoms with E-state index in [2.05, 4.69) is 15.4 Å². The van der Waals surface area contributed by atoms with Gasteiger partial charge in [-0.3, -0.25) is 9.59 Å². The Kier molecular flexibility index (Phi) is 9.76. The van der Waals surface area contributed by atoms with Crippen LogP contribution in [-0.2, 0) is 14.3 Å². The van der Waals surface area contributed by atoms with Gasteiger partial charge in [0.05, 0.1) is 12.7 Å². The molecule has 0 unspecified atom stereocenters. The number of unbranched alkanes of at least 4 members (excludes halogenated alkanes) is 1. The van der Waals surface area contributed by atoms with E-state index in [-0.39, 0.29) is 17.7 Å². The lowest BCUT2D eigenvalue weighted by molar-refractivity contribution is -0.130. The van der Waals surface area contributed by atoms with Crippen LogP contribution in [0.15, 0.2) is 24.3 Å². The smallest absolute Gasteiger partial charge is 0.337 e. The Labute approximate surface area is 178 Å². The van der Waals surface area contributed by atoms with E-state index in [0.717, 1.165) is 38.5 Å². The van der Waals surface area contributed by atoms with Crippen molar-refractivity contribution in [2.75, 3.05) is 25.5 Å². The van der Waals surface area contributed by atoms with E-state index in [1.807, 2.05) is 0 Å². The minimum absolute atomic E-state index is 0.0700. The second-order valence-corrected chi connectivity index (χ2v) is 7.86. The van der Waals surface area contributed by atoms with Crippen LogP contribution in [0.5, 0.6) is 0 Å². The molecule has 0 radical (unpaired) electrons. The van der Waals surface area contributed by atoms with Crippen LogP contribution >= 0.6 is 0 Å². The minimum Gasteiger partial charge on any atom is -0.465 e. The van der Waals surface area contributed by atoms with Gasteiger partial charge < -0.3 is 26.8 Å². The number of carbonyl (C=O) groups excluding carboxylic acids is 3. The van der Waals surface area contributed by atoms with Gasteiger partial charge in [-0.15, -0.1) is 0 Å². The van der Waals surface area contributed by atoms with Crippen LogP contribution in [0.4, 0.5) is 5.69 Å². The fourth-order valence-corrected chi connectivity index (χ4v) is 3.75. The summed E-state index contributed by atoms with van der Waals surface area (Å²) in [5.41, 5.74) is 12.3. The summed E-state index contributed by atoms with van der Waals surface area (Å²) in [5, 5.41) is 5.76. The number of amides is 2. The summed E-state index contributed by atoms with van der Waals surface area (Å²) in [6.45, 7) is 1.20. The topological polar surface area (TPSA) is 137 Å². The number of methoxy groups -OCH3 is 1. The average molecular weight is 419 g/mol. The number of hydrogen-bond acceptors (Lipinski definition) is 6. The molecule has 0 bridgehead atoms. The van der Waals surface area contributed by atoms with Crippen molar-refractivity contribution in [2.45, 2.75) is 51.0 Å². The third-order valence-corrected chi connectivity index (χ3v) is 5.70. The lowest BCUT2D eigenvalue weighted by atomic mass is 9.81. The van der Waals surface area contributed by atoms with Gasteiger partial charge in [0.1, 0.15) is 6.04 Å². The first-order valence-corrected chi connectivity index (χ1v) is 10.7. The molecule has 1 atom stereocenters. The number of esters is 1. The Morgan fingerprint density at radius 3 is 2.30 bits per heavy atom. The van der Waals surface area contributed by atoms with Crippen molar-refractivity contribution < 1.29 is 19.1 Å². The molecule has 1 aromatic carbocycles. The summed E-state index contributed by atoms with van der Waals surface area (Å²) >= 11 is 0. The zero-order chi connectivity index (χ0) is 21.9. The van der Waals surface area contributed by atoms with E-state index in [1.54, 1.807) is 24.3 Å². The van der Waals surface area contributed by atoms with Gasteiger partial charge in [-0.2, -0.15) is 0 Å². The second kappa shape index (κ2) is 12.3. The predicted molar refractivity (Wildman–Crippen MR) is 116 cm³/mol. The van der Waals surface area contributed by atoms with E-state index < -0.39 is 12.0 Å². The van der Waals surface area contributed by atoms with Crippen molar-refractivity contribution in [3.63, 3.8) is 0 Å². The molecule has 6 N–H and O–H groups in total. The van der Waals surface area contributed by atoms with Crippen molar-refractivity contribution in [1.29, 1.82) is 0 Å². The molecular formula is C22H34N4O4. The highest BCUT2D eigenvalue weighted by Crippen LogP contribution is 2.28. The number of benzene rings is 1. The normalized spacial score (nSPS) is 19.6. The summed E-state index contributed by atoms with van der Waals surface area (Å²) in [7, 11) is 1.31. The largest absolute Gasteiger partial charge is 0.465 e. The summed E-state index contributed by atoms with van der Waals surface area (Å²) < 4.78 is 4.67. The Bertz CT molecular complexity index is 700. The number of carbonyl (C=O) groups is 3. The van der Waals surface area contributed by atoms with Gasteiger partial charge in [0, 0.05) is 11.6 Å².